The molecule has 0 spiro atoms. The van der Waals surface area contributed by atoms with Crippen LogP contribution in [0.3, 0.4) is 0 Å². The molecular formula is C61H89BF3IN10O8S. The monoisotopic (exact) mass is 1320 g/mol. The molecule has 2 aromatic carbocycles. The molecule has 2 aromatic heterocycles. The van der Waals surface area contributed by atoms with Crippen molar-refractivity contribution in [2.45, 2.75) is 124 Å². The number of aliphatic hydroxyl groups is 2. The first kappa shape index (κ1) is 67.7. The maximum absolute atomic E-state index is 12.9. The van der Waals surface area contributed by atoms with Gasteiger partial charge in [0.05, 0.1) is 48.8 Å². The average molecular weight is 1320 g/mol. The number of benzene rings is 2. The molecule has 7 aliphatic rings. The number of ether oxygens (including phenoxy) is 2. The fourth-order valence-electron chi connectivity index (χ4n) is 11.5. The number of carbonyl (C=O) groups is 2. The molecule has 24 heteroatoms. The van der Waals surface area contributed by atoms with E-state index in [2.05, 4.69) is 103 Å². The zero-order valence-corrected chi connectivity index (χ0v) is 53.2. The number of morpholine rings is 2. The van der Waals surface area contributed by atoms with E-state index in [1.807, 2.05) is 65.5 Å². The number of nitrogens with zero attached hydrogens (tertiary/aromatic N) is 8. The third kappa shape index (κ3) is 17.3. The molecule has 2 atom stereocenters. The van der Waals surface area contributed by atoms with E-state index in [9.17, 15) is 33.0 Å². The van der Waals surface area contributed by atoms with E-state index < -0.39 is 54.1 Å². The minimum Gasteiger partial charge on any atom is -0.399 e. The van der Waals surface area contributed by atoms with Crippen LogP contribution in [0.1, 0.15) is 92.7 Å². The Kier molecular flexibility index (Phi) is 22.1. The fourth-order valence-corrected chi connectivity index (χ4v) is 12.0. The second kappa shape index (κ2) is 27.7. The van der Waals surface area contributed by atoms with Crippen LogP contribution in [0, 0.1) is 29.3 Å². The Morgan fingerprint density at radius 2 is 1.07 bits per heavy atom. The Labute approximate surface area is 521 Å². The van der Waals surface area contributed by atoms with Gasteiger partial charge in [-0.15, -0.1) is 0 Å². The number of urea groups is 2. The van der Waals surface area contributed by atoms with Crippen molar-refractivity contribution in [2.75, 3.05) is 135 Å². The van der Waals surface area contributed by atoms with Gasteiger partial charge >= 0.3 is 25.4 Å². The van der Waals surface area contributed by atoms with Crippen molar-refractivity contribution in [1.29, 1.82) is 0 Å². The number of β-amino-alcohol motifs (C(OH)–C–C–N with tert-alkyl or cyclic N) is 2. The number of anilines is 6. The van der Waals surface area contributed by atoms with E-state index >= 15 is 0 Å². The summed E-state index contributed by atoms with van der Waals surface area (Å²) in [6.45, 7) is 28.6. The molecule has 7 aliphatic heterocycles. The van der Waals surface area contributed by atoms with Crippen LogP contribution in [-0.4, -0.2) is 183 Å². The van der Waals surface area contributed by atoms with E-state index in [1.165, 1.54) is 8.47 Å². The van der Waals surface area contributed by atoms with E-state index in [0.29, 0.717) is 64.0 Å². The van der Waals surface area contributed by atoms with Crippen LogP contribution in [0.2, 0.25) is 0 Å². The second-order valence-electron chi connectivity index (χ2n) is 25.0. The summed E-state index contributed by atoms with van der Waals surface area (Å²) in [5.41, 5.74) is 4.20. The van der Waals surface area contributed by atoms with Gasteiger partial charge in [0, 0.05) is 99.9 Å². The number of likely N-dealkylation sites (tertiary alicyclic amines) is 2. The molecule has 468 valence electrons. The number of aryl methyl sites for hydroxylation is 2. The molecule has 11 rings (SSSR count). The molecule has 4 aromatic rings. The van der Waals surface area contributed by atoms with Gasteiger partial charge in [0.25, 0.3) is 0 Å². The standard InChI is InChI=1S/C27H37N5O3.C20H28BF3N2O3.C13H18IN3O2.CH4.H2S/c1-4-20-7-8-31(16-20)26(33)28-22-6-5-19(2)23(15-22)21-13-24(30-9-11-35-12-10-30)29-25(14-21)32-17-27(3,34)18-32;1-13-6-7-15(10-16(13)21-28-18(2,3)19(4,5)29-21)25-17(27)26-9-8-14(12-26)11-20(22,23)24;1-13(18)8-17(9-13)12-7-10(14)6-11(15-12)16-2-4-19-5-3-16;;/h5-6,13-15,20,34H,4,7-12,16-18H2,1-3H3,(H,28,33);6-7,10,14H,8-9,11-12H2,1-5H3,(H,25,27);6-7,18H,2-5,8-9H2,1H3;1H4;1H2/t20-;14-;;;/m10.../s1. The Balaban J connectivity index is 0.000000188. The summed E-state index contributed by atoms with van der Waals surface area (Å²) in [4.78, 5) is 47.2. The number of amides is 4. The van der Waals surface area contributed by atoms with Crippen LogP contribution in [0.25, 0.3) is 11.1 Å². The lowest BCUT2D eigenvalue weighted by molar-refractivity contribution is -0.143. The van der Waals surface area contributed by atoms with E-state index in [-0.39, 0.29) is 33.5 Å². The van der Waals surface area contributed by atoms with Crippen molar-refractivity contribution in [3.63, 3.8) is 0 Å². The van der Waals surface area contributed by atoms with E-state index in [0.717, 1.165) is 122 Å². The zero-order valence-electron chi connectivity index (χ0n) is 50.1. The summed E-state index contributed by atoms with van der Waals surface area (Å²) < 4.78 is 62.0. The Bertz CT molecular complexity index is 2920. The van der Waals surface area contributed by atoms with Gasteiger partial charge in [-0.3, -0.25) is 0 Å². The van der Waals surface area contributed by atoms with Crippen molar-refractivity contribution < 1.29 is 51.8 Å². The molecule has 4 N–H and O–H groups in total. The average Bonchev–Trinajstić information content (AvgIpc) is 3.62. The van der Waals surface area contributed by atoms with Crippen LogP contribution >= 0.6 is 36.1 Å². The van der Waals surface area contributed by atoms with Crippen molar-refractivity contribution >= 4 is 95.4 Å². The Morgan fingerprint density at radius 3 is 1.53 bits per heavy atom. The second-order valence-corrected chi connectivity index (χ2v) is 26.2. The summed E-state index contributed by atoms with van der Waals surface area (Å²) in [5.74, 6) is 3.82. The van der Waals surface area contributed by atoms with Crippen LogP contribution in [-0.2, 0) is 18.8 Å². The summed E-state index contributed by atoms with van der Waals surface area (Å²) in [5, 5.41) is 26.0. The van der Waals surface area contributed by atoms with Gasteiger partial charge in [-0.05, 0) is 173 Å². The number of halogens is 4. The number of hydrogen-bond acceptors (Lipinski definition) is 14. The number of rotatable bonds is 10. The van der Waals surface area contributed by atoms with Gasteiger partial charge in [-0.25, -0.2) is 19.6 Å². The minimum atomic E-state index is -4.20. The third-order valence-corrected chi connectivity index (χ3v) is 17.7. The quantitative estimate of drug-likeness (QED) is 0.0871. The molecule has 4 amide bonds. The van der Waals surface area contributed by atoms with Gasteiger partial charge in [0.1, 0.15) is 23.3 Å². The highest BCUT2D eigenvalue weighted by Crippen LogP contribution is 2.39. The van der Waals surface area contributed by atoms with Crippen LogP contribution in [0.5, 0.6) is 0 Å². The van der Waals surface area contributed by atoms with Crippen molar-refractivity contribution in [3.8, 4) is 11.1 Å². The zero-order chi connectivity index (χ0) is 59.6. The summed E-state index contributed by atoms with van der Waals surface area (Å²) in [6.07, 6.45) is -2.50. The van der Waals surface area contributed by atoms with Crippen LogP contribution in [0.15, 0.2) is 60.7 Å². The normalized spacial score (nSPS) is 21.9. The molecule has 0 radical (unpaired) electrons. The first-order valence-corrected chi connectivity index (χ1v) is 30.3. The molecular weight excluding hydrogens is 1230 g/mol. The molecule has 0 unspecified atom stereocenters. The van der Waals surface area contributed by atoms with E-state index in [4.69, 9.17) is 28.8 Å². The van der Waals surface area contributed by atoms with Gasteiger partial charge in [0.2, 0.25) is 0 Å². The molecule has 0 aliphatic carbocycles. The predicted molar refractivity (Wildman–Crippen MR) is 345 cm³/mol. The lowest BCUT2D eigenvalue weighted by atomic mass is 9.76. The summed E-state index contributed by atoms with van der Waals surface area (Å²) in [6, 6.07) is 19.5. The van der Waals surface area contributed by atoms with Crippen molar-refractivity contribution in [1.82, 2.24) is 19.8 Å². The summed E-state index contributed by atoms with van der Waals surface area (Å²) in [7, 11) is -0.556. The number of aromatic nitrogens is 2. The topological polar surface area (TPSA) is 181 Å². The maximum atomic E-state index is 12.9. The third-order valence-electron chi connectivity index (χ3n) is 17.1. The van der Waals surface area contributed by atoms with Gasteiger partial charge in [-0.2, -0.15) is 26.7 Å². The molecule has 0 saturated carbocycles. The highest BCUT2D eigenvalue weighted by atomic mass is 127. The van der Waals surface area contributed by atoms with Crippen LogP contribution in [0.4, 0.5) is 57.4 Å². The lowest BCUT2D eigenvalue weighted by Crippen LogP contribution is -2.60. The van der Waals surface area contributed by atoms with Crippen molar-refractivity contribution in [2.24, 2.45) is 11.8 Å². The van der Waals surface area contributed by atoms with Crippen molar-refractivity contribution in [3.05, 3.63) is 75.4 Å². The number of carbonyl (C=O) groups excluding carboxylic acids is 2. The number of hydrogen-bond donors (Lipinski definition) is 4. The van der Waals surface area contributed by atoms with E-state index in [1.54, 1.807) is 12.1 Å². The summed E-state index contributed by atoms with van der Waals surface area (Å²) >= 11 is 2.32. The number of pyridine rings is 2. The first-order chi connectivity index (χ1) is 39.1. The molecule has 7 saturated heterocycles. The van der Waals surface area contributed by atoms with Crippen LogP contribution < -0.4 is 35.7 Å². The Morgan fingerprint density at radius 1 is 0.647 bits per heavy atom. The Hall–Kier alpha value is -4.83. The highest BCUT2D eigenvalue weighted by Gasteiger charge is 2.52. The largest absolute Gasteiger partial charge is 0.495 e. The van der Waals surface area contributed by atoms with Gasteiger partial charge in [0.15, 0.2) is 0 Å². The molecule has 85 heavy (non-hydrogen) atoms. The molecule has 18 nitrogen and oxygen atoms in total. The smallest absolute Gasteiger partial charge is 0.399 e. The highest BCUT2D eigenvalue weighted by molar-refractivity contribution is 14.1. The molecule has 7 fully saturated rings. The van der Waals surface area contributed by atoms with Gasteiger partial charge in [-0.1, -0.05) is 38.5 Å². The maximum Gasteiger partial charge on any atom is 0.495 e. The SMILES string of the molecule is C.CC1(O)CN(c2cc(I)cc(N3CCOCC3)n2)C1.CC[C@@H]1CCN(C(=O)Nc2ccc(C)c(-c3cc(N4CCOCC4)nc(N4CC(C)(O)C4)c3)c2)C1.Cc1ccc(NC(=O)N2CC[C@@H](CC(F)(F)F)C2)cc1B1OC(C)(C)C(C)(C)O1.S. The first-order valence-electron chi connectivity index (χ1n) is 29.2. The lowest BCUT2D eigenvalue weighted by Gasteiger charge is -2.45. The minimum absolute atomic E-state index is 0. The molecule has 9 heterocycles. The molecule has 0 bridgehead atoms. The fraction of sp³-hybridized carbons (Fsp3) is 0.607. The predicted octanol–water partition coefficient (Wildman–Crippen LogP) is 9.67. The number of alkyl halides is 3. The van der Waals surface area contributed by atoms with Gasteiger partial charge < -0.3 is 69.0 Å². The number of nitrogens with one attached hydrogen (secondary N) is 2.